The first kappa shape index (κ1) is 14.0. The van der Waals surface area contributed by atoms with Crippen LogP contribution in [0.3, 0.4) is 0 Å². The molecular formula is C13H14BrNO4. The molecule has 6 heteroatoms. The Kier molecular flexibility index (Phi) is 3.91. The number of hydrogen-bond donors (Lipinski definition) is 1. The van der Waals surface area contributed by atoms with Crippen molar-refractivity contribution >= 4 is 27.8 Å². The van der Waals surface area contributed by atoms with Gasteiger partial charge in [0, 0.05) is 11.5 Å². The zero-order chi connectivity index (χ0) is 14.2. The molecule has 1 aromatic carbocycles. The Labute approximate surface area is 119 Å². The fourth-order valence-corrected chi connectivity index (χ4v) is 2.89. The highest BCUT2D eigenvalue weighted by Crippen LogP contribution is 2.34. The van der Waals surface area contributed by atoms with E-state index in [2.05, 4.69) is 15.9 Å². The molecule has 1 N–H and O–H groups in total. The van der Waals surface area contributed by atoms with Gasteiger partial charge in [0.05, 0.1) is 6.04 Å². The maximum absolute atomic E-state index is 11.7. The first-order valence-corrected chi connectivity index (χ1v) is 6.57. The number of benzene rings is 1. The second-order valence-corrected chi connectivity index (χ2v) is 5.40. The van der Waals surface area contributed by atoms with E-state index in [4.69, 9.17) is 4.74 Å². The summed E-state index contributed by atoms with van der Waals surface area (Å²) >= 11 is 3.42. The van der Waals surface area contributed by atoms with Crippen LogP contribution >= 0.6 is 15.9 Å². The van der Waals surface area contributed by atoms with Crippen LogP contribution in [0.1, 0.15) is 17.2 Å². The van der Waals surface area contributed by atoms with E-state index >= 15 is 0 Å². The van der Waals surface area contributed by atoms with E-state index < -0.39 is 18.1 Å². The third-order valence-electron chi connectivity index (χ3n) is 3.20. The first-order chi connectivity index (χ1) is 8.91. The number of hydrogen-bond acceptors (Lipinski definition) is 3. The van der Waals surface area contributed by atoms with Crippen molar-refractivity contribution in [2.75, 3.05) is 13.7 Å². The van der Waals surface area contributed by atoms with Gasteiger partial charge in [-0.25, -0.2) is 4.79 Å². The summed E-state index contributed by atoms with van der Waals surface area (Å²) in [4.78, 5) is 24.4. The predicted octanol–water partition coefficient (Wildman–Crippen LogP) is 1.74. The lowest BCUT2D eigenvalue weighted by Crippen LogP contribution is -2.50. The smallest absolute Gasteiger partial charge is 0.335 e. The van der Waals surface area contributed by atoms with Crippen molar-refractivity contribution in [1.29, 1.82) is 0 Å². The van der Waals surface area contributed by atoms with Crippen LogP contribution in [0.15, 0.2) is 22.7 Å². The molecule has 0 aromatic heterocycles. The zero-order valence-corrected chi connectivity index (χ0v) is 12.2. The molecule has 1 aliphatic rings. The number of nitrogens with zero attached hydrogens (tertiary/aromatic N) is 1. The molecule has 2 rings (SSSR count). The standard InChI is InChI=1S/C13H14BrNO4/c1-7-3-4-8(9(14)5-7)11-12(13(17)18)19-6-10(16)15(11)2/h3-5,11-12H,6H2,1-2H3,(H,17,18). The molecule has 1 fully saturated rings. The number of morpholine rings is 1. The Bertz CT molecular complexity index is 531. The highest BCUT2D eigenvalue weighted by atomic mass is 79.9. The molecule has 1 heterocycles. The Balaban J connectivity index is 2.46. The van der Waals surface area contributed by atoms with Crippen LogP contribution in [0, 0.1) is 6.92 Å². The summed E-state index contributed by atoms with van der Waals surface area (Å²) in [6.45, 7) is 1.74. The highest BCUT2D eigenvalue weighted by molar-refractivity contribution is 9.10. The van der Waals surface area contributed by atoms with E-state index in [0.717, 1.165) is 15.6 Å². The molecule has 0 spiro atoms. The number of aryl methyl sites for hydroxylation is 1. The summed E-state index contributed by atoms with van der Waals surface area (Å²) in [6, 6.07) is 4.96. The quantitative estimate of drug-likeness (QED) is 0.898. The number of carboxylic acids is 1. The molecule has 0 radical (unpaired) electrons. The van der Waals surface area contributed by atoms with Crippen LogP contribution in [0.5, 0.6) is 0 Å². The molecule has 1 saturated heterocycles. The minimum Gasteiger partial charge on any atom is -0.479 e. The van der Waals surface area contributed by atoms with E-state index in [0.29, 0.717) is 0 Å². The van der Waals surface area contributed by atoms with Crippen molar-refractivity contribution in [2.24, 2.45) is 0 Å². The van der Waals surface area contributed by atoms with Crippen molar-refractivity contribution in [3.8, 4) is 0 Å². The van der Waals surface area contributed by atoms with Crippen LogP contribution in [0.4, 0.5) is 0 Å². The van der Waals surface area contributed by atoms with Gasteiger partial charge in [-0.05, 0) is 24.1 Å². The second-order valence-electron chi connectivity index (χ2n) is 4.54. The van der Waals surface area contributed by atoms with Crippen LogP contribution in [-0.4, -0.2) is 41.6 Å². The van der Waals surface area contributed by atoms with Gasteiger partial charge in [-0.3, -0.25) is 4.79 Å². The molecule has 2 unspecified atom stereocenters. The molecule has 2 atom stereocenters. The number of rotatable bonds is 2. The van der Waals surface area contributed by atoms with Crippen molar-refractivity contribution in [1.82, 2.24) is 4.90 Å². The average Bonchev–Trinajstić information content (AvgIpc) is 2.33. The fourth-order valence-electron chi connectivity index (χ4n) is 2.16. The third kappa shape index (κ3) is 2.64. The fraction of sp³-hybridized carbons (Fsp3) is 0.385. The monoisotopic (exact) mass is 327 g/mol. The zero-order valence-electron chi connectivity index (χ0n) is 10.6. The lowest BCUT2D eigenvalue weighted by molar-refractivity contribution is -0.171. The molecule has 19 heavy (non-hydrogen) atoms. The molecule has 102 valence electrons. The summed E-state index contributed by atoms with van der Waals surface area (Å²) in [5, 5.41) is 9.24. The van der Waals surface area contributed by atoms with Gasteiger partial charge in [0.1, 0.15) is 6.61 Å². The van der Waals surface area contributed by atoms with Gasteiger partial charge in [-0.2, -0.15) is 0 Å². The number of carboxylic acid groups (broad SMARTS) is 1. The van der Waals surface area contributed by atoms with E-state index in [1.807, 2.05) is 25.1 Å². The van der Waals surface area contributed by atoms with Crippen LogP contribution < -0.4 is 0 Å². The van der Waals surface area contributed by atoms with E-state index in [9.17, 15) is 14.7 Å². The Morgan fingerprint density at radius 3 is 2.79 bits per heavy atom. The van der Waals surface area contributed by atoms with Crippen molar-refractivity contribution in [3.05, 3.63) is 33.8 Å². The van der Waals surface area contributed by atoms with Gasteiger partial charge in [-0.15, -0.1) is 0 Å². The average molecular weight is 328 g/mol. The molecular weight excluding hydrogens is 314 g/mol. The molecule has 1 aromatic rings. The third-order valence-corrected chi connectivity index (χ3v) is 3.89. The number of carbonyl (C=O) groups is 2. The molecule has 0 bridgehead atoms. The number of carbonyl (C=O) groups excluding carboxylic acids is 1. The minimum absolute atomic E-state index is 0.201. The van der Waals surface area contributed by atoms with Crippen molar-refractivity contribution in [3.63, 3.8) is 0 Å². The number of halogens is 1. The van der Waals surface area contributed by atoms with Crippen molar-refractivity contribution < 1.29 is 19.4 Å². The van der Waals surface area contributed by atoms with Crippen molar-refractivity contribution in [2.45, 2.75) is 19.1 Å². The minimum atomic E-state index is -1.07. The van der Waals surface area contributed by atoms with Gasteiger partial charge in [-0.1, -0.05) is 28.1 Å². The number of amides is 1. The first-order valence-electron chi connectivity index (χ1n) is 5.78. The lowest BCUT2D eigenvalue weighted by Gasteiger charge is -2.37. The number of aliphatic carboxylic acids is 1. The summed E-state index contributed by atoms with van der Waals surface area (Å²) < 4.78 is 5.93. The van der Waals surface area contributed by atoms with E-state index in [1.54, 1.807) is 7.05 Å². The summed E-state index contributed by atoms with van der Waals surface area (Å²) in [7, 11) is 1.59. The highest BCUT2D eigenvalue weighted by Gasteiger charge is 2.40. The Hall–Kier alpha value is -1.40. The SMILES string of the molecule is Cc1ccc(C2C(C(=O)O)OCC(=O)N2C)c(Br)c1. The largest absolute Gasteiger partial charge is 0.479 e. The maximum atomic E-state index is 11.7. The van der Waals surface area contributed by atoms with E-state index in [-0.39, 0.29) is 12.5 Å². The van der Waals surface area contributed by atoms with Gasteiger partial charge in [0.25, 0.3) is 0 Å². The molecule has 0 saturated carbocycles. The summed E-state index contributed by atoms with van der Waals surface area (Å²) in [6.07, 6.45) is -1.05. The van der Waals surface area contributed by atoms with Crippen LogP contribution in [0.2, 0.25) is 0 Å². The Morgan fingerprint density at radius 1 is 1.53 bits per heavy atom. The Morgan fingerprint density at radius 2 is 2.21 bits per heavy atom. The molecule has 0 aliphatic carbocycles. The molecule has 5 nitrogen and oxygen atoms in total. The number of ether oxygens (including phenoxy) is 1. The summed E-state index contributed by atoms with van der Waals surface area (Å²) in [5.74, 6) is -1.30. The predicted molar refractivity (Wildman–Crippen MR) is 71.8 cm³/mol. The maximum Gasteiger partial charge on any atom is 0.335 e. The van der Waals surface area contributed by atoms with E-state index in [1.165, 1.54) is 4.90 Å². The molecule has 1 aliphatic heterocycles. The van der Waals surface area contributed by atoms with Crippen LogP contribution in [-0.2, 0) is 14.3 Å². The van der Waals surface area contributed by atoms with Gasteiger partial charge < -0.3 is 14.7 Å². The topological polar surface area (TPSA) is 66.8 Å². The number of likely N-dealkylation sites (N-methyl/N-ethyl adjacent to an activating group) is 1. The van der Waals surface area contributed by atoms with Gasteiger partial charge in [0.15, 0.2) is 6.10 Å². The normalized spacial score (nSPS) is 23.5. The molecule has 1 amide bonds. The second kappa shape index (κ2) is 5.30. The van der Waals surface area contributed by atoms with Gasteiger partial charge >= 0.3 is 5.97 Å². The summed E-state index contributed by atoms with van der Waals surface area (Å²) in [5.41, 5.74) is 1.78. The van der Waals surface area contributed by atoms with Gasteiger partial charge in [0.2, 0.25) is 5.91 Å². The van der Waals surface area contributed by atoms with Crippen LogP contribution in [0.25, 0.3) is 0 Å². The lowest BCUT2D eigenvalue weighted by atomic mass is 9.97.